The van der Waals surface area contributed by atoms with Crippen molar-refractivity contribution in [2.24, 2.45) is 0 Å². The summed E-state index contributed by atoms with van der Waals surface area (Å²) >= 11 is 0. The molecule has 0 radical (unpaired) electrons. The summed E-state index contributed by atoms with van der Waals surface area (Å²) in [6, 6.07) is 6.71. The summed E-state index contributed by atoms with van der Waals surface area (Å²) < 4.78 is 15.9. The smallest absolute Gasteiger partial charge is 0.245 e. The van der Waals surface area contributed by atoms with Gasteiger partial charge in [0.15, 0.2) is 17.3 Å². The lowest BCUT2D eigenvalue weighted by Crippen LogP contribution is -2.36. The molecule has 0 spiro atoms. The van der Waals surface area contributed by atoms with Gasteiger partial charge < -0.3 is 24.2 Å². The van der Waals surface area contributed by atoms with Crippen LogP contribution >= 0.6 is 0 Å². The molecule has 2 heterocycles. The number of carbonyl (C=O) groups is 2. The minimum Gasteiger partial charge on any atom is -0.486 e. The first-order valence-corrected chi connectivity index (χ1v) is 7.44. The summed E-state index contributed by atoms with van der Waals surface area (Å²) in [5, 5.41) is 6.28. The summed E-state index contributed by atoms with van der Waals surface area (Å²) in [5.41, 5.74) is 0.554. The van der Waals surface area contributed by atoms with Gasteiger partial charge in [-0.05, 0) is 19.1 Å². The summed E-state index contributed by atoms with van der Waals surface area (Å²) in [4.78, 5) is 25.4. The topological polar surface area (TPSA) is 93.9 Å². The van der Waals surface area contributed by atoms with Crippen molar-refractivity contribution in [1.82, 2.24) is 5.16 Å². The van der Waals surface area contributed by atoms with Crippen molar-refractivity contribution in [3.8, 4) is 11.5 Å². The molecule has 0 aliphatic carbocycles. The second-order valence-electron chi connectivity index (χ2n) is 5.30. The minimum absolute atomic E-state index is 0.152. The number of ether oxygens (including phenoxy) is 2. The third kappa shape index (κ3) is 3.48. The second kappa shape index (κ2) is 6.61. The number of nitrogens with one attached hydrogen (secondary N) is 1. The van der Waals surface area contributed by atoms with Gasteiger partial charge in [0.2, 0.25) is 11.8 Å². The summed E-state index contributed by atoms with van der Waals surface area (Å²) in [6.07, 6.45) is 0. The Labute approximate surface area is 138 Å². The van der Waals surface area contributed by atoms with E-state index in [1.54, 1.807) is 31.2 Å². The quantitative estimate of drug-likeness (QED) is 0.917. The predicted molar refractivity (Wildman–Crippen MR) is 85.3 cm³/mol. The van der Waals surface area contributed by atoms with Gasteiger partial charge in [-0.1, -0.05) is 5.16 Å². The first-order chi connectivity index (χ1) is 11.5. The van der Waals surface area contributed by atoms with Gasteiger partial charge >= 0.3 is 0 Å². The van der Waals surface area contributed by atoms with Crippen LogP contribution in [0.2, 0.25) is 0 Å². The number of hydrogen-bond acceptors (Lipinski definition) is 6. The number of benzene rings is 1. The van der Waals surface area contributed by atoms with E-state index in [4.69, 9.17) is 14.0 Å². The maximum Gasteiger partial charge on any atom is 0.245 e. The summed E-state index contributed by atoms with van der Waals surface area (Å²) in [7, 11) is 0. The lowest BCUT2D eigenvalue weighted by molar-refractivity contribution is -0.120. The predicted octanol–water partition coefficient (Wildman–Crippen LogP) is 1.75. The van der Waals surface area contributed by atoms with Gasteiger partial charge in [0.1, 0.15) is 25.5 Å². The zero-order chi connectivity index (χ0) is 17.1. The minimum atomic E-state index is -0.381. The molecule has 3 rings (SSSR count). The third-order valence-corrected chi connectivity index (χ3v) is 3.41. The van der Waals surface area contributed by atoms with E-state index in [0.717, 1.165) is 0 Å². The van der Waals surface area contributed by atoms with E-state index in [2.05, 4.69) is 10.5 Å². The Morgan fingerprint density at radius 1 is 1.21 bits per heavy atom. The van der Waals surface area contributed by atoms with Crippen molar-refractivity contribution in [2.75, 3.05) is 30.0 Å². The van der Waals surface area contributed by atoms with E-state index >= 15 is 0 Å². The molecule has 8 heteroatoms. The number of hydrogen-bond donors (Lipinski definition) is 1. The number of nitrogens with zero attached hydrogens (tertiary/aromatic N) is 2. The van der Waals surface area contributed by atoms with Gasteiger partial charge in [-0.25, -0.2) is 0 Å². The van der Waals surface area contributed by atoms with Crippen molar-refractivity contribution >= 4 is 23.3 Å². The molecule has 1 N–H and O–H groups in total. The van der Waals surface area contributed by atoms with E-state index in [0.29, 0.717) is 42.0 Å². The van der Waals surface area contributed by atoms with Crippen LogP contribution in [0.15, 0.2) is 28.8 Å². The van der Waals surface area contributed by atoms with Crippen molar-refractivity contribution in [3.05, 3.63) is 30.0 Å². The molecule has 0 fully saturated rings. The number of anilines is 2. The Hall–Kier alpha value is -3.03. The Bertz CT molecular complexity index is 771. The lowest BCUT2D eigenvalue weighted by Gasteiger charge is -2.24. The van der Waals surface area contributed by atoms with Gasteiger partial charge in [0.25, 0.3) is 0 Å². The summed E-state index contributed by atoms with van der Waals surface area (Å²) in [6.45, 7) is 3.90. The molecule has 0 saturated heterocycles. The van der Waals surface area contributed by atoms with Crippen LogP contribution in [0.1, 0.15) is 12.7 Å². The molecule has 24 heavy (non-hydrogen) atoms. The van der Waals surface area contributed by atoms with Gasteiger partial charge in [-0.2, -0.15) is 0 Å². The Morgan fingerprint density at radius 2 is 1.96 bits per heavy atom. The SMILES string of the molecule is CC(=O)N(CC(=O)Nc1cc(C)on1)c1ccc2c(c1)OCCO2. The number of fused-ring (bicyclic) bond motifs is 1. The number of aromatic nitrogens is 1. The van der Waals surface area contributed by atoms with Crippen molar-refractivity contribution < 1.29 is 23.6 Å². The Morgan fingerprint density at radius 3 is 2.62 bits per heavy atom. The highest BCUT2D eigenvalue weighted by atomic mass is 16.6. The van der Waals surface area contributed by atoms with Gasteiger partial charge in [-0.3, -0.25) is 9.59 Å². The largest absolute Gasteiger partial charge is 0.486 e. The fraction of sp³-hybridized carbons (Fsp3) is 0.312. The van der Waals surface area contributed by atoms with Crippen LogP contribution in [0.3, 0.4) is 0 Å². The molecule has 0 atom stereocenters. The molecule has 2 aromatic rings. The zero-order valence-electron chi connectivity index (χ0n) is 13.4. The Balaban J connectivity index is 1.74. The first-order valence-electron chi connectivity index (χ1n) is 7.44. The molecule has 0 saturated carbocycles. The number of aryl methyl sites for hydroxylation is 1. The molecule has 0 bridgehead atoms. The lowest BCUT2D eigenvalue weighted by atomic mass is 10.2. The fourth-order valence-corrected chi connectivity index (χ4v) is 2.34. The third-order valence-electron chi connectivity index (χ3n) is 3.41. The van der Waals surface area contributed by atoms with Crippen LogP contribution in [-0.4, -0.2) is 36.7 Å². The monoisotopic (exact) mass is 331 g/mol. The summed E-state index contributed by atoms with van der Waals surface area (Å²) in [5.74, 6) is 1.42. The van der Waals surface area contributed by atoms with E-state index in [1.165, 1.54) is 11.8 Å². The molecule has 1 aliphatic rings. The van der Waals surface area contributed by atoms with Crippen LogP contribution in [-0.2, 0) is 9.59 Å². The molecule has 0 unspecified atom stereocenters. The maximum absolute atomic E-state index is 12.2. The van der Waals surface area contributed by atoms with Crippen LogP contribution in [0, 0.1) is 6.92 Å². The number of carbonyl (C=O) groups excluding carboxylic acids is 2. The fourth-order valence-electron chi connectivity index (χ4n) is 2.34. The van der Waals surface area contributed by atoms with Crippen molar-refractivity contribution in [3.63, 3.8) is 0 Å². The molecule has 8 nitrogen and oxygen atoms in total. The average Bonchev–Trinajstić information content (AvgIpc) is 2.96. The van der Waals surface area contributed by atoms with Crippen molar-refractivity contribution in [2.45, 2.75) is 13.8 Å². The molecule has 1 aliphatic heterocycles. The van der Waals surface area contributed by atoms with Crippen LogP contribution in [0.4, 0.5) is 11.5 Å². The van der Waals surface area contributed by atoms with E-state index in [1.807, 2.05) is 0 Å². The van der Waals surface area contributed by atoms with E-state index in [-0.39, 0.29) is 18.4 Å². The highest BCUT2D eigenvalue weighted by Gasteiger charge is 2.20. The average molecular weight is 331 g/mol. The van der Waals surface area contributed by atoms with Crippen LogP contribution in [0.25, 0.3) is 0 Å². The van der Waals surface area contributed by atoms with Crippen LogP contribution in [0.5, 0.6) is 11.5 Å². The van der Waals surface area contributed by atoms with Crippen LogP contribution < -0.4 is 19.7 Å². The molecular weight excluding hydrogens is 314 g/mol. The highest BCUT2D eigenvalue weighted by molar-refractivity contribution is 6.01. The first kappa shape index (κ1) is 15.9. The molecule has 1 aromatic heterocycles. The number of amides is 2. The van der Waals surface area contributed by atoms with Gasteiger partial charge in [0, 0.05) is 24.7 Å². The van der Waals surface area contributed by atoms with Gasteiger partial charge in [0.05, 0.1) is 0 Å². The Kier molecular flexibility index (Phi) is 4.37. The maximum atomic E-state index is 12.2. The van der Waals surface area contributed by atoms with Gasteiger partial charge in [-0.15, -0.1) is 0 Å². The molecule has 2 amide bonds. The molecule has 126 valence electrons. The van der Waals surface area contributed by atoms with E-state index in [9.17, 15) is 9.59 Å². The molecule has 1 aromatic carbocycles. The standard InChI is InChI=1S/C16H17N3O5/c1-10-7-15(18-24-10)17-16(21)9-19(11(2)20)12-3-4-13-14(8-12)23-6-5-22-13/h3-4,7-8H,5-6,9H2,1-2H3,(H,17,18,21). The zero-order valence-corrected chi connectivity index (χ0v) is 13.4. The van der Waals surface area contributed by atoms with E-state index < -0.39 is 0 Å². The highest BCUT2D eigenvalue weighted by Crippen LogP contribution is 2.34. The molecular formula is C16H17N3O5. The normalized spacial score (nSPS) is 12.6. The second-order valence-corrected chi connectivity index (χ2v) is 5.30. The van der Waals surface area contributed by atoms with Crippen molar-refractivity contribution in [1.29, 1.82) is 0 Å². The number of rotatable bonds is 4.